The molecule has 1 aromatic heterocycles. The van der Waals surface area contributed by atoms with Crippen molar-refractivity contribution in [1.82, 2.24) is 25.2 Å². The molecule has 116 valence electrons. The molecule has 0 aliphatic rings. The highest BCUT2D eigenvalue weighted by atomic mass is 16.6. The molecule has 1 N–H and O–H groups in total. The standard InChI is InChI=1S/C14H23N5O2/c1-7-15-8-11(18(5)6)9-19-10-12(16-17-19)13(20)21-14(2,3)4/h7-8,10,15H,1,9H2,2-6H3/b11-8-. The Hall–Kier alpha value is -2.31. The SMILES string of the molecule is C=CN/C=C(/Cn1cc(C(=O)OC(C)(C)C)nn1)N(C)C. The number of allylic oxidation sites excluding steroid dienone is 1. The van der Waals surface area contributed by atoms with E-state index in [4.69, 9.17) is 4.74 Å². The predicted molar refractivity (Wildman–Crippen MR) is 80.3 cm³/mol. The molecule has 0 amide bonds. The monoisotopic (exact) mass is 293 g/mol. The van der Waals surface area contributed by atoms with Gasteiger partial charge in [-0.1, -0.05) is 11.8 Å². The van der Waals surface area contributed by atoms with Crippen molar-refractivity contribution in [1.29, 1.82) is 0 Å². The number of hydrogen-bond acceptors (Lipinski definition) is 6. The van der Waals surface area contributed by atoms with Gasteiger partial charge in [0.25, 0.3) is 0 Å². The van der Waals surface area contributed by atoms with Crippen LogP contribution in [0.15, 0.2) is 30.9 Å². The van der Waals surface area contributed by atoms with E-state index < -0.39 is 11.6 Å². The maximum Gasteiger partial charge on any atom is 0.361 e. The average Bonchev–Trinajstić information content (AvgIpc) is 2.80. The van der Waals surface area contributed by atoms with Gasteiger partial charge in [-0.25, -0.2) is 9.48 Å². The first-order valence-electron chi connectivity index (χ1n) is 6.59. The molecule has 0 saturated heterocycles. The summed E-state index contributed by atoms with van der Waals surface area (Å²) in [6.45, 7) is 9.49. The number of likely N-dealkylation sites (N-methyl/N-ethyl adjacent to an activating group) is 1. The second kappa shape index (κ2) is 6.92. The smallest absolute Gasteiger partial charge is 0.361 e. The molecular formula is C14H23N5O2. The molecule has 0 spiro atoms. The lowest BCUT2D eigenvalue weighted by atomic mass is 10.2. The van der Waals surface area contributed by atoms with E-state index in [1.807, 2.05) is 46.0 Å². The van der Waals surface area contributed by atoms with Gasteiger partial charge in [-0.2, -0.15) is 0 Å². The van der Waals surface area contributed by atoms with E-state index in [9.17, 15) is 4.79 Å². The molecule has 7 nitrogen and oxygen atoms in total. The Labute approximate surface area is 125 Å². The zero-order valence-electron chi connectivity index (χ0n) is 13.3. The number of ether oxygens (including phenoxy) is 1. The van der Waals surface area contributed by atoms with Crippen LogP contribution < -0.4 is 5.32 Å². The zero-order chi connectivity index (χ0) is 16.0. The Bertz CT molecular complexity index is 526. The van der Waals surface area contributed by atoms with Gasteiger partial charge in [-0.15, -0.1) is 5.10 Å². The average molecular weight is 293 g/mol. The molecule has 1 rings (SSSR count). The Morgan fingerprint density at radius 1 is 1.52 bits per heavy atom. The van der Waals surface area contributed by atoms with Crippen molar-refractivity contribution in [3.05, 3.63) is 36.6 Å². The second-order valence-corrected chi connectivity index (χ2v) is 5.70. The Morgan fingerprint density at radius 2 is 2.19 bits per heavy atom. The van der Waals surface area contributed by atoms with Crippen LogP contribution in [0, 0.1) is 0 Å². The normalized spacial score (nSPS) is 12.0. The maximum atomic E-state index is 11.9. The quantitative estimate of drug-likeness (QED) is 0.799. The molecule has 0 bridgehead atoms. The van der Waals surface area contributed by atoms with E-state index in [2.05, 4.69) is 22.2 Å². The summed E-state index contributed by atoms with van der Waals surface area (Å²) in [5.74, 6) is -0.478. The molecule has 0 radical (unpaired) electrons. The largest absolute Gasteiger partial charge is 0.455 e. The van der Waals surface area contributed by atoms with Crippen molar-refractivity contribution in [3.63, 3.8) is 0 Å². The van der Waals surface area contributed by atoms with Crippen LogP contribution in [0.2, 0.25) is 0 Å². The van der Waals surface area contributed by atoms with Crippen molar-refractivity contribution < 1.29 is 9.53 Å². The summed E-state index contributed by atoms with van der Waals surface area (Å²) < 4.78 is 6.83. The van der Waals surface area contributed by atoms with Gasteiger partial charge in [-0.3, -0.25) is 0 Å². The summed E-state index contributed by atoms with van der Waals surface area (Å²) in [5, 5.41) is 10.7. The van der Waals surface area contributed by atoms with Gasteiger partial charge in [0, 0.05) is 20.3 Å². The third-order valence-corrected chi connectivity index (χ3v) is 2.41. The predicted octanol–water partition coefficient (Wildman–Crippen LogP) is 1.37. The molecule has 1 heterocycles. The molecule has 0 unspecified atom stereocenters. The molecule has 7 heteroatoms. The minimum Gasteiger partial charge on any atom is -0.455 e. The van der Waals surface area contributed by atoms with Gasteiger partial charge in [-0.05, 0) is 27.0 Å². The van der Waals surface area contributed by atoms with Gasteiger partial charge >= 0.3 is 5.97 Å². The second-order valence-electron chi connectivity index (χ2n) is 5.70. The fraction of sp³-hybridized carbons (Fsp3) is 0.500. The van der Waals surface area contributed by atoms with E-state index in [0.717, 1.165) is 5.70 Å². The molecule has 0 aliphatic heterocycles. The summed E-state index contributed by atoms with van der Waals surface area (Å²) in [4.78, 5) is 13.8. The first-order chi connectivity index (χ1) is 9.73. The number of nitrogens with zero attached hydrogens (tertiary/aromatic N) is 4. The number of carbonyl (C=O) groups excluding carboxylic acids is 1. The summed E-state index contributed by atoms with van der Waals surface area (Å²) in [7, 11) is 3.84. The highest BCUT2D eigenvalue weighted by molar-refractivity contribution is 5.87. The number of carbonyl (C=O) groups is 1. The van der Waals surface area contributed by atoms with E-state index in [1.165, 1.54) is 0 Å². The first-order valence-corrected chi connectivity index (χ1v) is 6.59. The van der Waals surface area contributed by atoms with Crippen LogP contribution in [-0.2, 0) is 11.3 Å². The summed E-state index contributed by atoms with van der Waals surface area (Å²) in [5.41, 5.74) is 0.596. The third kappa shape index (κ3) is 5.68. The lowest BCUT2D eigenvalue weighted by molar-refractivity contribution is 0.00627. The molecule has 0 fully saturated rings. The molecular weight excluding hydrogens is 270 g/mol. The van der Waals surface area contributed by atoms with Crippen LogP contribution in [0.4, 0.5) is 0 Å². The van der Waals surface area contributed by atoms with Crippen molar-refractivity contribution in [2.45, 2.75) is 32.9 Å². The van der Waals surface area contributed by atoms with E-state index in [-0.39, 0.29) is 5.69 Å². The van der Waals surface area contributed by atoms with Crippen LogP contribution in [0.5, 0.6) is 0 Å². The third-order valence-electron chi connectivity index (χ3n) is 2.41. The summed E-state index contributed by atoms with van der Waals surface area (Å²) in [6, 6.07) is 0. The molecule has 21 heavy (non-hydrogen) atoms. The Balaban J connectivity index is 2.79. The van der Waals surface area contributed by atoms with E-state index in [1.54, 1.807) is 17.1 Å². The Kier molecular flexibility index (Phi) is 5.52. The van der Waals surface area contributed by atoms with Crippen LogP contribution in [-0.4, -0.2) is 45.6 Å². The number of aromatic nitrogens is 3. The molecule has 0 aliphatic carbocycles. The minimum atomic E-state index is -0.552. The fourth-order valence-electron chi connectivity index (χ4n) is 1.44. The van der Waals surface area contributed by atoms with Crippen LogP contribution >= 0.6 is 0 Å². The van der Waals surface area contributed by atoms with Crippen molar-refractivity contribution in [2.24, 2.45) is 0 Å². The number of nitrogens with one attached hydrogen (secondary N) is 1. The highest BCUT2D eigenvalue weighted by Crippen LogP contribution is 2.10. The van der Waals surface area contributed by atoms with Crippen LogP contribution in [0.25, 0.3) is 0 Å². The number of esters is 1. The van der Waals surface area contributed by atoms with E-state index in [0.29, 0.717) is 6.54 Å². The maximum absolute atomic E-state index is 11.9. The number of rotatable bonds is 6. The van der Waals surface area contributed by atoms with E-state index >= 15 is 0 Å². The van der Waals surface area contributed by atoms with Gasteiger partial charge in [0.05, 0.1) is 18.4 Å². The molecule has 1 aromatic rings. The first kappa shape index (κ1) is 16.7. The lowest BCUT2D eigenvalue weighted by Crippen LogP contribution is -2.24. The molecule has 0 aromatic carbocycles. The van der Waals surface area contributed by atoms with Crippen molar-refractivity contribution in [3.8, 4) is 0 Å². The zero-order valence-corrected chi connectivity index (χ0v) is 13.3. The summed E-state index contributed by atoms with van der Waals surface area (Å²) in [6.07, 6.45) is 4.96. The van der Waals surface area contributed by atoms with Gasteiger partial charge in [0.15, 0.2) is 5.69 Å². The topological polar surface area (TPSA) is 72.3 Å². The van der Waals surface area contributed by atoms with Crippen molar-refractivity contribution >= 4 is 5.97 Å². The molecule has 0 saturated carbocycles. The van der Waals surface area contributed by atoms with Crippen molar-refractivity contribution in [2.75, 3.05) is 14.1 Å². The highest BCUT2D eigenvalue weighted by Gasteiger charge is 2.20. The van der Waals surface area contributed by atoms with Gasteiger partial charge in [0.1, 0.15) is 5.60 Å². The minimum absolute atomic E-state index is 0.194. The fourth-order valence-corrected chi connectivity index (χ4v) is 1.44. The summed E-state index contributed by atoms with van der Waals surface area (Å²) >= 11 is 0. The number of hydrogen-bond donors (Lipinski definition) is 1. The van der Waals surface area contributed by atoms with Crippen LogP contribution in [0.1, 0.15) is 31.3 Å². The Morgan fingerprint density at radius 3 is 2.71 bits per heavy atom. The lowest BCUT2D eigenvalue weighted by Gasteiger charge is -2.18. The van der Waals surface area contributed by atoms with Gasteiger partial charge < -0.3 is 15.0 Å². The van der Waals surface area contributed by atoms with Crippen LogP contribution in [0.3, 0.4) is 0 Å². The van der Waals surface area contributed by atoms with Gasteiger partial charge in [0.2, 0.25) is 0 Å². The molecule has 0 atom stereocenters.